The van der Waals surface area contributed by atoms with Crippen molar-refractivity contribution in [2.24, 2.45) is 0 Å². The molecule has 0 bridgehead atoms. The van der Waals surface area contributed by atoms with Gasteiger partial charge in [-0.1, -0.05) is 181 Å². The topological polar surface area (TPSA) is 68.2 Å². The van der Waals surface area contributed by atoms with E-state index in [-0.39, 0.29) is 13.2 Å². The molecular weight excluding hydrogens is 625 g/mol. The first-order chi connectivity index (χ1) is 23.0. The molecule has 1 heterocycles. The average Bonchev–Trinajstić information content (AvgIpc) is 3.43. The molecule has 2 N–H and O–H groups in total. The summed E-state index contributed by atoms with van der Waals surface area (Å²) in [6, 6.07) is 0. The van der Waals surface area contributed by atoms with E-state index >= 15 is 0 Å². The van der Waals surface area contributed by atoms with Crippen LogP contribution >= 0.6 is 24.4 Å². The Morgan fingerprint density at radius 3 is 1.30 bits per heavy atom. The molecule has 0 radical (unpaired) electrons. The van der Waals surface area contributed by atoms with Gasteiger partial charge in [-0.15, -0.1) is 0 Å². The van der Waals surface area contributed by atoms with Crippen molar-refractivity contribution < 1.29 is 24.4 Å². The molecule has 0 spiro atoms. The van der Waals surface area contributed by atoms with E-state index in [2.05, 4.69) is 13.8 Å². The van der Waals surface area contributed by atoms with E-state index in [0.717, 1.165) is 38.5 Å². The van der Waals surface area contributed by atoms with Crippen LogP contribution in [0.2, 0.25) is 0 Å². The number of aliphatic hydroxyl groups is 2. The lowest BCUT2D eigenvalue weighted by atomic mass is 10.0. The molecule has 1 aliphatic rings. The van der Waals surface area contributed by atoms with Crippen molar-refractivity contribution in [3.05, 3.63) is 0 Å². The molecule has 0 aromatic rings. The second kappa shape index (κ2) is 32.8. The molecule has 5 nitrogen and oxygen atoms in total. The van der Waals surface area contributed by atoms with Crippen LogP contribution in [0.1, 0.15) is 206 Å². The highest BCUT2D eigenvalue weighted by molar-refractivity contribution is 7.80. The molecule has 0 aromatic heterocycles. The van der Waals surface area contributed by atoms with Crippen LogP contribution in [0.5, 0.6) is 0 Å². The quantitative estimate of drug-likeness (QED) is 0.0511. The van der Waals surface area contributed by atoms with Gasteiger partial charge < -0.3 is 24.4 Å². The van der Waals surface area contributed by atoms with Gasteiger partial charge in [0.25, 0.3) is 0 Å². The Morgan fingerprint density at radius 2 is 0.915 bits per heavy atom. The summed E-state index contributed by atoms with van der Waals surface area (Å²) in [7, 11) is 0. The van der Waals surface area contributed by atoms with E-state index in [9.17, 15) is 10.2 Å². The number of rotatable bonds is 34. The number of unbranched alkanes of at least 4 members (excludes halogenated alkanes) is 26. The maximum Gasteiger partial charge on any atom is 0.160 e. The number of hydrogen-bond donors (Lipinski definition) is 2. The molecule has 0 aromatic carbocycles. The first-order valence-electron chi connectivity index (χ1n) is 20.3. The van der Waals surface area contributed by atoms with Gasteiger partial charge in [0.1, 0.15) is 24.9 Å². The zero-order chi connectivity index (χ0) is 34.2. The number of hydrogen-bond acceptors (Lipinski definition) is 7. The second-order valence-corrected chi connectivity index (χ2v) is 15.2. The van der Waals surface area contributed by atoms with Gasteiger partial charge in [-0.2, -0.15) is 0 Å². The molecule has 47 heavy (non-hydrogen) atoms. The lowest BCUT2D eigenvalue weighted by molar-refractivity contribution is -0.0657. The molecule has 0 aliphatic carbocycles. The minimum absolute atomic E-state index is 0.0232. The van der Waals surface area contributed by atoms with Gasteiger partial charge in [-0.05, 0) is 37.3 Å². The lowest BCUT2D eigenvalue weighted by Crippen LogP contribution is -2.42. The fraction of sp³-hybridized carbons (Fsp3) is 0.950. The molecule has 1 aliphatic heterocycles. The molecular formula is C40H76O5S2. The maximum atomic E-state index is 10.7. The van der Waals surface area contributed by atoms with Crippen LogP contribution in [0, 0.1) is 0 Å². The van der Waals surface area contributed by atoms with E-state index in [1.165, 1.54) is 154 Å². The molecule has 0 unspecified atom stereocenters. The Kier molecular flexibility index (Phi) is 31.2. The number of ether oxygens (including phenoxy) is 3. The Labute approximate surface area is 302 Å². The van der Waals surface area contributed by atoms with Gasteiger partial charge in [0, 0.05) is 12.8 Å². The summed E-state index contributed by atoms with van der Waals surface area (Å²) in [6.07, 6.45) is 35.3. The van der Waals surface area contributed by atoms with Gasteiger partial charge >= 0.3 is 0 Å². The summed E-state index contributed by atoms with van der Waals surface area (Å²) < 4.78 is 17.2. The van der Waals surface area contributed by atoms with Crippen LogP contribution < -0.4 is 0 Å². The number of thiocarbonyl (C=S) groups is 2. The largest absolute Gasteiger partial charge is 0.484 e. The Morgan fingerprint density at radius 1 is 0.574 bits per heavy atom. The third-order valence-corrected chi connectivity index (χ3v) is 10.3. The van der Waals surface area contributed by atoms with E-state index in [4.69, 9.17) is 38.6 Å². The van der Waals surface area contributed by atoms with Crippen LogP contribution in [0.25, 0.3) is 0 Å². The summed E-state index contributed by atoms with van der Waals surface area (Å²) in [4.78, 5) is 0. The first kappa shape index (κ1) is 44.7. The predicted octanol–water partition coefficient (Wildman–Crippen LogP) is 11.9. The monoisotopic (exact) mass is 701 g/mol. The molecule has 7 heteroatoms. The SMILES string of the molecule is CCCCCCCCCCCCCCCCC(=S)OC[C@@H](O)[C@@H]1OC[C@H](OC(=S)CCCCCCCCCCCCCCCC)[C@@H]1O. The van der Waals surface area contributed by atoms with Crippen LogP contribution in [-0.2, 0) is 14.2 Å². The van der Waals surface area contributed by atoms with Gasteiger partial charge in [0.2, 0.25) is 0 Å². The molecule has 0 amide bonds. The van der Waals surface area contributed by atoms with Crippen molar-refractivity contribution in [1.82, 2.24) is 0 Å². The van der Waals surface area contributed by atoms with Crippen molar-refractivity contribution >= 4 is 34.5 Å². The van der Waals surface area contributed by atoms with E-state index in [1.807, 2.05) is 0 Å². The maximum absolute atomic E-state index is 10.7. The van der Waals surface area contributed by atoms with Crippen LogP contribution in [0.4, 0.5) is 0 Å². The highest BCUT2D eigenvalue weighted by atomic mass is 32.1. The van der Waals surface area contributed by atoms with Gasteiger partial charge in [-0.25, -0.2) is 0 Å². The summed E-state index contributed by atoms with van der Waals surface area (Å²) in [5, 5.41) is 22.4. The fourth-order valence-electron chi connectivity index (χ4n) is 6.56. The average molecular weight is 701 g/mol. The first-order valence-corrected chi connectivity index (χ1v) is 21.1. The smallest absolute Gasteiger partial charge is 0.160 e. The Hall–Kier alpha value is -0.340. The summed E-state index contributed by atoms with van der Waals surface area (Å²) in [5.74, 6) is 0. The van der Waals surface area contributed by atoms with Crippen LogP contribution in [0.15, 0.2) is 0 Å². The van der Waals surface area contributed by atoms with Gasteiger partial charge in [0.15, 0.2) is 16.2 Å². The zero-order valence-corrected chi connectivity index (χ0v) is 32.5. The van der Waals surface area contributed by atoms with Crippen molar-refractivity contribution in [2.75, 3.05) is 13.2 Å². The van der Waals surface area contributed by atoms with Crippen molar-refractivity contribution in [3.8, 4) is 0 Å². The third-order valence-electron chi connectivity index (χ3n) is 9.72. The fourth-order valence-corrected chi connectivity index (χ4v) is 7.04. The Bertz CT molecular complexity index is 721. The van der Waals surface area contributed by atoms with Gasteiger partial charge in [-0.3, -0.25) is 0 Å². The molecule has 278 valence electrons. The second-order valence-electron chi connectivity index (χ2n) is 14.3. The Balaban J connectivity index is 1.97. The molecule has 1 saturated heterocycles. The predicted molar refractivity (Wildman–Crippen MR) is 208 cm³/mol. The van der Waals surface area contributed by atoms with Crippen LogP contribution in [-0.4, -0.2) is 57.9 Å². The van der Waals surface area contributed by atoms with E-state index in [0.29, 0.717) is 10.1 Å². The number of aliphatic hydroxyl groups excluding tert-OH is 2. The van der Waals surface area contributed by atoms with Crippen LogP contribution in [0.3, 0.4) is 0 Å². The molecule has 1 rings (SSSR count). The summed E-state index contributed by atoms with van der Waals surface area (Å²) >= 11 is 10.8. The normalized spacial score (nSPS) is 18.4. The summed E-state index contributed by atoms with van der Waals surface area (Å²) in [5.41, 5.74) is 0. The minimum atomic E-state index is -0.966. The summed E-state index contributed by atoms with van der Waals surface area (Å²) in [6.45, 7) is 4.79. The molecule has 1 fully saturated rings. The highest BCUT2D eigenvalue weighted by Crippen LogP contribution is 2.22. The minimum Gasteiger partial charge on any atom is -0.484 e. The van der Waals surface area contributed by atoms with E-state index in [1.54, 1.807) is 0 Å². The van der Waals surface area contributed by atoms with Gasteiger partial charge in [0.05, 0.1) is 6.61 Å². The lowest BCUT2D eigenvalue weighted by Gasteiger charge is -2.23. The molecule has 0 saturated carbocycles. The van der Waals surface area contributed by atoms with Crippen molar-refractivity contribution in [1.29, 1.82) is 0 Å². The van der Waals surface area contributed by atoms with Crippen molar-refractivity contribution in [2.45, 2.75) is 231 Å². The molecule has 4 atom stereocenters. The zero-order valence-electron chi connectivity index (χ0n) is 30.9. The van der Waals surface area contributed by atoms with Crippen molar-refractivity contribution in [3.63, 3.8) is 0 Å². The third kappa shape index (κ3) is 26.2. The van der Waals surface area contributed by atoms with E-state index < -0.39 is 24.4 Å². The highest BCUT2D eigenvalue weighted by Gasteiger charge is 2.42. The standard InChI is InChI=1S/C40H76O5S2/c1-3-5-7-9-11-13-15-17-19-21-23-25-27-29-31-37(46)43-33-35(41)40-39(42)36(34-44-40)45-38(47)32-30-28-26-24-22-20-18-16-14-12-10-8-6-4-2/h35-36,39-42H,3-34H2,1-2H3/t35-,36+,39+,40+/m1/s1.